The minimum Gasteiger partial charge on any atom is -0.455 e. The largest absolute Gasteiger partial charge is 0.455 e. The van der Waals surface area contributed by atoms with Gasteiger partial charge in [-0.3, -0.25) is 0 Å². The molecule has 65 heavy (non-hydrogen) atoms. The summed E-state index contributed by atoms with van der Waals surface area (Å²) in [5, 5.41) is 12.0. The first-order chi connectivity index (χ1) is 32.3. The van der Waals surface area contributed by atoms with Gasteiger partial charge in [-0.15, -0.1) is 0 Å². The van der Waals surface area contributed by atoms with Crippen molar-refractivity contribution in [2.24, 2.45) is 0 Å². The first-order valence-electron chi connectivity index (χ1n) is 22.3. The Morgan fingerprint density at radius 3 is 1.54 bits per heavy atom. The molecule has 0 aliphatic heterocycles. The number of rotatable bonds is 6. The van der Waals surface area contributed by atoms with Crippen LogP contribution >= 0.6 is 0 Å². The van der Waals surface area contributed by atoms with Crippen LogP contribution < -0.4 is 9.80 Å². The van der Waals surface area contributed by atoms with Crippen LogP contribution in [0.5, 0.6) is 0 Å². The summed E-state index contributed by atoms with van der Waals surface area (Å²) in [6.45, 7) is 0. The van der Waals surface area contributed by atoms with Gasteiger partial charge in [0.05, 0.1) is 44.2 Å². The summed E-state index contributed by atoms with van der Waals surface area (Å²) in [6, 6.07) is 79.0. The van der Waals surface area contributed by atoms with E-state index in [-0.39, 0.29) is 0 Å². The van der Waals surface area contributed by atoms with E-state index in [9.17, 15) is 0 Å². The number of furan rings is 1. The Labute approximate surface area is 372 Å². The molecule has 5 heterocycles. The zero-order valence-corrected chi connectivity index (χ0v) is 35.0. The predicted molar refractivity (Wildman–Crippen MR) is 272 cm³/mol. The molecule has 0 atom stereocenters. The zero-order valence-electron chi connectivity index (χ0n) is 35.0. The number of benzene rings is 10. The molecule has 0 unspecified atom stereocenters. The summed E-state index contributed by atoms with van der Waals surface area (Å²) < 4.78 is 12.0. The molecule has 0 spiro atoms. The molecule has 0 aliphatic carbocycles. The number of hydrogen-bond donors (Lipinski definition) is 0. The number of hydrogen-bond acceptors (Lipinski definition) is 3. The number of fused-ring (bicyclic) bond motifs is 17. The average Bonchev–Trinajstić information content (AvgIpc) is 4.17. The van der Waals surface area contributed by atoms with Crippen molar-refractivity contribution in [2.45, 2.75) is 0 Å². The van der Waals surface area contributed by atoms with Crippen LogP contribution in [0.3, 0.4) is 0 Å². The average molecular weight is 829 g/mol. The third-order valence-corrected chi connectivity index (χ3v) is 13.9. The van der Waals surface area contributed by atoms with Crippen molar-refractivity contribution in [3.8, 4) is 0 Å². The van der Waals surface area contributed by atoms with Crippen molar-refractivity contribution in [3.63, 3.8) is 0 Å². The summed E-state index contributed by atoms with van der Waals surface area (Å²) in [5.74, 6) is 0. The van der Waals surface area contributed by atoms with E-state index in [1.54, 1.807) is 0 Å². The van der Waals surface area contributed by atoms with Gasteiger partial charge in [-0.2, -0.15) is 0 Å². The summed E-state index contributed by atoms with van der Waals surface area (Å²) in [5.41, 5.74) is 15.6. The van der Waals surface area contributed by atoms with Crippen LogP contribution in [-0.2, 0) is 0 Å². The molecule has 0 radical (unpaired) electrons. The monoisotopic (exact) mass is 828 g/mol. The Morgan fingerprint density at radius 2 is 0.846 bits per heavy atom. The Hall–Kier alpha value is -8.80. The fraction of sp³-hybridized carbons (Fsp3) is 0. The highest BCUT2D eigenvalue weighted by molar-refractivity contribution is 6.40. The molecule has 302 valence electrons. The number of aromatic nitrogens is 2. The quantitative estimate of drug-likeness (QED) is 0.167. The molecule has 5 heteroatoms. The first kappa shape index (κ1) is 34.7. The van der Waals surface area contributed by atoms with Crippen LogP contribution in [-0.4, -0.2) is 8.80 Å². The van der Waals surface area contributed by atoms with Gasteiger partial charge in [0.15, 0.2) is 0 Å². The second-order valence-corrected chi connectivity index (χ2v) is 17.2. The Morgan fingerprint density at radius 1 is 0.292 bits per heavy atom. The normalized spacial score (nSPS) is 12.3. The van der Waals surface area contributed by atoms with Gasteiger partial charge in [0.25, 0.3) is 0 Å². The smallest absolute Gasteiger partial charge is 0.145 e. The molecule has 15 rings (SSSR count). The highest BCUT2D eigenvalue weighted by Gasteiger charge is 2.30. The van der Waals surface area contributed by atoms with E-state index in [0.717, 1.165) is 67.0 Å². The van der Waals surface area contributed by atoms with Crippen molar-refractivity contribution < 1.29 is 4.42 Å². The van der Waals surface area contributed by atoms with Crippen LogP contribution in [0.4, 0.5) is 34.1 Å². The van der Waals surface area contributed by atoms with Crippen LogP contribution in [0.2, 0.25) is 0 Å². The molecule has 0 N–H and O–H groups in total. The molecule has 15 aromatic rings. The van der Waals surface area contributed by atoms with Gasteiger partial charge in [-0.05, 0) is 97.1 Å². The van der Waals surface area contributed by atoms with Gasteiger partial charge in [0.2, 0.25) is 0 Å². The molecule has 0 bridgehead atoms. The lowest BCUT2D eigenvalue weighted by atomic mass is 9.99. The predicted octanol–water partition coefficient (Wildman–Crippen LogP) is 16.8. The van der Waals surface area contributed by atoms with Gasteiger partial charge in [0, 0.05) is 76.9 Å². The van der Waals surface area contributed by atoms with Crippen LogP contribution in [0.15, 0.2) is 223 Å². The van der Waals surface area contributed by atoms with Crippen LogP contribution in [0, 0.1) is 0 Å². The maximum atomic E-state index is 6.96. The minimum atomic E-state index is 0.894. The summed E-state index contributed by atoms with van der Waals surface area (Å²) in [7, 11) is 0. The third-order valence-electron chi connectivity index (χ3n) is 13.9. The molecular weight excluding hydrogens is 793 g/mol. The van der Waals surface area contributed by atoms with Crippen LogP contribution in [0.1, 0.15) is 0 Å². The lowest BCUT2D eigenvalue weighted by molar-refractivity contribution is 0.673. The molecule has 5 aromatic heterocycles. The van der Waals surface area contributed by atoms with Gasteiger partial charge in [-0.25, -0.2) is 0 Å². The fourth-order valence-corrected chi connectivity index (χ4v) is 11.3. The second kappa shape index (κ2) is 12.9. The Bertz CT molecular complexity index is 4260. The van der Waals surface area contributed by atoms with Gasteiger partial charge < -0.3 is 23.0 Å². The van der Waals surface area contributed by atoms with Crippen molar-refractivity contribution >= 4 is 132 Å². The van der Waals surface area contributed by atoms with Crippen molar-refractivity contribution in [3.05, 3.63) is 218 Å². The SMILES string of the molecule is c1ccc(N(c2ccccc2)c2ccc3c4cc5c(c6ccc(N(c7ccccc7)c7ccccc7)c7c8c9oc%10ccccc%10c9ccc8n5c67)c5c6ccccc6n(c3c2)c45)cc1. The third kappa shape index (κ3) is 4.60. The number of nitrogens with zero attached hydrogens (tertiary/aromatic N) is 4. The van der Waals surface area contributed by atoms with E-state index in [4.69, 9.17) is 4.42 Å². The van der Waals surface area contributed by atoms with E-state index >= 15 is 0 Å². The van der Waals surface area contributed by atoms with E-state index in [1.807, 2.05) is 0 Å². The number of anilines is 6. The summed E-state index contributed by atoms with van der Waals surface area (Å²) in [6.07, 6.45) is 0. The van der Waals surface area contributed by atoms with E-state index in [2.05, 4.69) is 237 Å². The second-order valence-electron chi connectivity index (χ2n) is 17.2. The lowest BCUT2D eigenvalue weighted by Crippen LogP contribution is -2.10. The van der Waals surface area contributed by atoms with Gasteiger partial charge in [-0.1, -0.05) is 121 Å². The lowest BCUT2D eigenvalue weighted by Gasteiger charge is -2.26. The minimum absolute atomic E-state index is 0.894. The van der Waals surface area contributed by atoms with E-state index in [1.165, 1.54) is 65.3 Å². The first-order valence-corrected chi connectivity index (χ1v) is 22.3. The Balaban J connectivity index is 1.11. The van der Waals surface area contributed by atoms with Crippen molar-refractivity contribution in [2.75, 3.05) is 9.80 Å². The fourth-order valence-electron chi connectivity index (χ4n) is 11.3. The molecule has 0 saturated heterocycles. The zero-order chi connectivity index (χ0) is 42.3. The topological polar surface area (TPSA) is 28.4 Å². The van der Waals surface area contributed by atoms with Crippen molar-refractivity contribution in [1.29, 1.82) is 0 Å². The molecule has 0 saturated carbocycles. The highest BCUT2D eigenvalue weighted by atomic mass is 16.3. The maximum Gasteiger partial charge on any atom is 0.145 e. The molecule has 0 aliphatic rings. The number of para-hydroxylation sites is 6. The van der Waals surface area contributed by atoms with Gasteiger partial charge in [0.1, 0.15) is 11.2 Å². The Kier molecular flexibility index (Phi) is 6.89. The summed E-state index contributed by atoms with van der Waals surface area (Å²) in [4.78, 5) is 4.76. The molecule has 0 fully saturated rings. The molecular formula is C60H36N4O. The maximum absolute atomic E-state index is 6.96. The molecule has 5 nitrogen and oxygen atoms in total. The molecule has 0 amide bonds. The van der Waals surface area contributed by atoms with E-state index < -0.39 is 0 Å². The highest BCUT2D eigenvalue weighted by Crippen LogP contribution is 2.53. The molecule has 10 aromatic carbocycles. The van der Waals surface area contributed by atoms with Crippen LogP contribution in [0.25, 0.3) is 98.1 Å². The van der Waals surface area contributed by atoms with Crippen molar-refractivity contribution in [1.82, 2.24) is 8.80 Å². The van der Waals surface area contributed by atoms with E-state index in [0.29, 0.717) is 0 Å². The summed E-state index contributed by atoms with van der Waals surface area (Å²) >= 11 is 0. The van der Waals surface area contributed by atoms with Gasteiger partial charge >= 0.3 is 0 Å². The standard InChI is InChI=1S/C60H36N4O/c1-5-17-37(18-6-1)61(38-19-7-2-8-20-38)41-29-30-42-47-36-52-54(55-45-26-13-15-27-48(45)63(59(47)55)51(42)35-41)46-32-34-49(62(39-21-9-3-10-22-39)40-23-11-4-12-24-40)56-57-50(64(52)58(46)56)33-31-44-43-25-14-16-28-53(43)65-60(44)57/h1-36H.